The lowest BCUT2D eigenvalue weighted by Gasteiger charge is -2.27. The van der Waals surface area contributed by atoms with Gasteiger partial charge in [0, 0.05) is 26.7 Å². The second-order valence-corrected chi connectivity index (χ2v) is 4.41. The Hall–Kier alpha value is -0.610. The number of nitrogens with zero attached hydrogens (tertiary/aromatic N) is 2. The van der Waals surface area contributed by atoms with Gasteiger partial charge in [-0.05, 0) is 19.5 Å². The highest BCUT2D eigenvalue weighted by atomic mass is 16.2. The first-order valence-corrected chi connectivity index (χ1v) is 5.13. The molecular formula is C10H21N3O. The zero-order valence-electron chi connectivity index (χ0n) is 9.58. The topological polar surface area (TPSA) is 35.6 Å². The van der Waals surface area contributed by atoms with Gasteiger partial charge in [-0.1, -0.05) is 6.92 Å². The molecule has 4 heteroatoms. The van der Waals surface area contributed by atoms with Gasteiger partial charge in [0.05, 0.1) is 6.54 Å². The number of nitrogens with one attached hydrogen (secondary N) is 1. The summed E-state index contributed by atoms with van der Waals surface area (Å²) in [6.45, 7) is 4.80. The van der Waals surface area contributed by atoms with Crippen molar-refractivity contribution < 1.29 is 4.79 Å². The van der Waals surface area contributed by atoms with Crippen molar-refractivity contribution in [1.29, 1.82) is 0 Å². The maximum absolute atomic E-state index is 11.5. The molecule has 1 saturated heterocycles. The summed E-state index contributed by atoms with van der Waals surface area (Å²) < 4.78 is 0. The zero-order chi connectivity index (χ0) is 10.7. The highest BCUT2D eigenvalue weighted by Gasteiger charge is 2.27. The third-order valence-electron chi connectivity index (χ3n) is 2.93. The number of hydrogen-bond acceptors (Lipinski definition) is 3. The predicted molar refractivity (Wildman–Crippen MR) is 57.1 cm³/mol. The monoisotopic (exact) mass is 199 g/mol. The summed E-state index contributed by atoms with van der Waals surface area (Å²) in [5.74, 6) is 0.807. The van der Waals surface area contributed by atoms with E-state index in [1.807, 2.05) is 7.05 Å². The minimum Gasteiger partial charge on any atom is -0.348 e. The number of carbonyl (C=O) groups excluding carboxylic acids is 1. The minimum atomic E-state index is 0.173. The molecule has 0 saturated carbocycles. The van der Waals surface area contributed by atoms with Crippen molar-refractivity contribution in [1.82, 2.24) is 15.1 Å². The molecule has 1 amide bonds. The number of rotatable bonds is 3. The highest BCUT2D eigenvalue weighted by Crippen LogP contribution is 2.13. The van der Waals surface area contributed by atoms with E-state index in [1.54, 1.807) is 19.0 Å². The van der Waals surface area contributed by atoms with Gasteiger partial charge < -0.3 is 10.2 Å². The summed E-state index contributed by atoms with van der Waals surface area (Å²) in [6.07, 6.45) is 0. The SMILES string of the molecule is CC1CNCC1N(C)CC(=O)N(C)C. The van der Waals surface area contributed by atoms with Crippen molar-refractivity contribution >= 4 is 5.91 Å². The van der Waals surface area contributed by atoms with E-state index in [0.29, 0.717) is 18.5 Å². The fourth-order valence-corrected chi connectivity index (χ4v) is 1.86. The van der Waals surface area contributed by atoms with Crippen LogP contribution in [0.15, 0.2) is 0 Å². The van der Waals surface area contributed by atoms with Crippen LogP contribution in [0, 0.1) is 5.92 Å². The van der Waals surface area contributed by atoms with Crippen LogP contribution in [0.1, 0.15) is 6.92 Å². The van der Waals surface area contributed by atoms with Gasteiger partial charge in [0.15, 0.2) is 0 Å². The molecule has 0 bridgehead atoms. The van der Waals surface area contributed by atoms with Crippen LogP contribution in [0.5, 0.6) is 0 Å². The van der Waals surface area contributed by atoms with Crippen molar-refractivity contribution in [3.8, 4) is 0 Å². The fourth-order valence-electron chi connectivity index (χ4n) is 1.86. The number of amides is 1. The Morgan fingerprint density at radius 2 is 2.00 bits per heavy atom. The van der Waals surface area contributed by atoms with E-state index in [0.717, 1.165) is 13.1 Å². The maximum atomic E-state index is 11.5. The number of likely N-dealkylation sites (N-methyl/N-ethyl adjacent to an activating group) is 2. The summed E-state index contributed by atoms with van der Waals surface area (Å²) in [5.41, 5.74) is 0. The average Bonchev–Trinajstić information content (AvgIpc) is 2.51. The molecule has 0 aromatic rings. The first-order chi connectivity index (χ1) is 6.52. The Morgan fingerprint density at radius 3 is 2.43 bits per heavy atom. The maximum Gasteiger partial charge on any atom is 0.236 e. The summed E-state index contributed by atoms with van der Waals surface area (Å²) in [7, 11) is 5.62. The van der Waals surface area contributed by atoms with Crippen LogP contribution in [0.2, 0.25) is 0 Å². The van der Waals surface area contributed by atoms with Gasteiger partial charge in [0.2, 0.25) is 5.91 Å². The van der Waals surface area contributed by atoms with Gasteiger partial charge in [0.25, 0.3) is 0 Å². The molecule has 0 aromatic heterocycles. The number of carbonyl (C=O) groups is 1. The third kappa shape index (κ3) is 2.69. The Labute approximate surface area is 86.2 Å². The summed E-state index contributed by atoms with van der Waals surface area (Å²) in [6, 6.07) is 0.499. The van der Waals surface area contributed by atoms with Gasteiger partial charge in [-0.15, -0.1) is 0 Å². The Bertz CT molecular complexity index is 206. The molecule has 4 nitrogen and oxygen atoms in total. The van der Waals surface area contributed by atoms with E-state index in [9.17, 15) is 4.79 Å². The minimum absolute atomic E-state index is 0.173. The van der Waals surface area contributed by atoms with E-state index in [4.69, 9.17) is 0 Å². The predicted octanol–water partition coefficient (Wildman–Crippen LogP) is -0.386. The molecule has 1 fully saturated rings. The van der Waals surface area contributed by atoms with E-state index in [-0.39, 0.29) is 5.91 Å². The lowest BCUT2D eigenvalue weighted by atomic mass is 10.1. The quantitative estimate of drug-likeness (QED) is 0.673. The van der Waals surface area contributed by atoms with Gasteiger partial charge in [0.1, 0.15) is 0 Å². The van der Waals surface area contributed by atoms with E-state index in [2.05, 4.69) is 17.1 Å². The van der Waals surface area contributed by atoms with Crippen LogP contribution in [-0.4, -0.2) is 62.5 Å². The van der Waals surface area contributed by atoms with Crippen LogP contribution in [0.25, 0.3) is 0 Å². The molecule has 0 aromatic carbocycles. The van der Waals surface area contributed by atoms with Gasteiger partial charge in [-0.2, -0.15) is 0 Å². The third-order valence-corrected chi connectivity index (χ3v) is 2.93. The van der Waals surface area contributed by atoms with Gasteiger partial charge >= 0.3 is 0 Å². The molecular weight excluding hydrogens is 178 g/mol. The van der Waals surface area contributed by atoms with Crippen LogP contribution in [-0.2, 0) is 4.79 Å². The molecule has 1 heterocycles. The average molecular weight is 199 g/mol. The van der Waals surface area contributed by atoms with Crippen molar-refractivity contribution in [2.45, 2.75) is 13.0 Å². The molecule has 82 valence electrons. The fraction of sp³-hybridized carbons (Fsp3) is 0.900. The second-order valence-electron chi connectivity index (χ2n) is 4.41. The largest absolute Gasteiger partial charge is 0.348 e. The number of hydrogen-bond donors (Lipinski definition) is 1. The van der Waals surface area contributed by atoms with Crippen LogP contribution >= 0.6 is 0 Å². The van der Waals surface area contributed by atoms with Crippen LogP contribution in [0.4, 0.5) is 0 Å². The van der Waals surface area contributed by atoms with E-state index in [1.165, 1.54) is 0 Å². The molecule has 1 N–H and O–H groups in total. The second kappa shape index (κ2) is 4.75. The lowest BCUT2D eigenvalue weighted by molar-refractivity contribution is -0.130. The first kappa shape index (κ1) is 11.5. The van der Waals surface area contributed by atoms with Gasteiger partial charge in [-0.3, -0.25) is 9.69 Å². The van der Waals surface area contributed by atoms with Crippen LogP contribution < -0.4 is 5.32 Å². The van der Waals surface area contributed by atoms with E-state index < -0.39 is 0 Å². The molecule has 2 atom stereocenters. The summed E-state index contributed by atoms with van der Waals surface area (Å²) >= 11 is 0. The molecule has 0 radical (unpaired) electrons. The Kier molecular flexibility index (Phi) is 3.89. The molecule has 0 aliphatic carbocycles. The highest BCUT2D eigenvalue weighted by molar-refractivity contribution is 5.77. The molecule has 14 heavy (non-hydrogen) atoms. The molecule has 2 unspecified atom stereocenters. The molecule has 0 spiro atoms. The standard InChI is InChI=1S/C10H21N3O/c1-8-5-11-6-9(8)13(4)7-10(14)12(2)3/h8-9,11H,5-7H2,1-4H3. The lowest BCUT2D eigenvalue weighted by Crippen LogP contribution is -2.43. The molecule has 1 rings (SSSR count). The molecule has 1 aliphatic heterocycles. The Balaban J connectivity index is 2.41. The van der Waals surface area contributed by atoms with Crippen molar-refractivity contribution in [3.05, 3.63) is 0 Å². The normalized spacial score (nSPS) is 26.9. The van der Waals surface area contributed by atoms with Crippen molar-refractivity contribution in [3.63, 3.8) is 0 Å². The van der Waals surface area contributed by atoms with E-state index >= 15 is 0 Å². The zero-order valence-corrected chi connectivity index (χ0v) is 9.58. The summed E-state index contributed by atoms with van der Waals surface area (Å²) in [5, 5.41) is 3.34. The summed E-state index contributed by atoms with van der Waals surface area (Å²) in [4.78, 5) is 15.3. The van der Waals surface area contributed by atoms with Crippen molar-refractivity contribution in [2.75, 3.05) is 40.8 Å². The first-order valence-electron chi connectivity index (χ1n) is 5.13. The Morgan fingerprint density at radius 1 is 1.36 bits per heavy atom. The van der Waals surface area contributed by atoms with Gasteiger partial charge in [-0.25, -0.2) is 0 Å². The molecule has 1 aliphatic rings. The van der Waals surface area contributed by atoms with Crippen molar-refractivity contribution in [2.24, 2.45) is 5.92 Å². The van der Waals surface area contributed by atoms with Crippen LogP contribution in [0.3, 0.4) is 0 Å². The smallest absolute Gasteiger partial charge is 0.236 e.